The molecule has 0 aliphatic carbocycles. The fraction of sp³-hybridized carbons (Fsp3) is 0.533. The number of hydrogen-bond donors (Lipinski definition) is 1. The highest BCUT2D eigenvalue weighted by molar-refractivity contribution is 9.10. The lowest BCUT2D eigenvalue weighted by molar-refractivity contribution is 0.0679. The van der Waals surface area contributed by atoms with E-state index in [0.29, 0.717) is 36.3 Å². The minimum absolute atomic E-state index is 0.0490. The summed E-state index contributed by atoms with van der Waals surface area (Å²) in [6.07, 6.45) is 2.26. The first-order valence-electron chi connectivity index (χ1n) is 7.08. The minimum atomic E-state index is -0.0490. The summed E-state index contributed by atoms with van der Waals surface area (Å²) >= 11 is 9.56. The van der Waals surface area contributed by atoms with Gasteiger partial charge in [-0.25, -0.2) is 0 Å². The van der Waals surface area contributed by atoms with Gasteiger partial charge in [-0.1, -0.05) is 27.5 Å². The lowest BCUT2D eigenvalue weighted by atomic mass is 10.1. The maximum atomic E-state index is 12.7. The fourth-order valence-electron chi connectivity index (χ4n) is 2.49. The number of carbonyl (C=O) groups is 1. The number of nitrogens with zero attached hydrogens (tertiary/aromatic N) is 1. The monoisotopic (exact) mass is 374 g/mol. The summed E-state index contributed by atoms with van der Waals surface area (Å²) in [4.78, 5) is 14.6. The van der Waals surface area contributed by atoms with Crippen LogP contribution < -0.4 is 5.32 Å². The van der Waals surface area contributed by atoms with Gasteiger partial charge in [-0.15, -0.1) is 0 Å². The van der Waals surface area contributed by atoms with E-state index in [1.54, 1.807) is 19.2 Å². The Kier molecular flexibility index (Phi) is 6.48. The van der Waals surface area contributed by atoms with E-state index >= 15 is 0 Å². The molecule has 1 aromatic rings. The summed E-state index contributed by atoms with van der Waals surface area (Å²) in [7, 11) is 1.64. The average Bonchev–Trinajstić information content (AvgIpc) is 2.98. The largest absolute Gasteiger partial charge is 0.383 e. The Hall–Kier alpha value is -0.620. The van der Waals surface area contributed by atoms with E-state index in [9.17, 15) is 4.79 Å². The molecule has 0 aromatic heterocycles. The summed E-state index contributed by atoms with van der Waals surface area (Å²) < 4.78 is 5.97. The van der Waals surface area contributed by atoms with Gasteiger partial charge in [0.1, 0.15) is 0 Å². The molecule has 1 amide bonds. The topological polar surface area (TPSA) is 41.6 Å². The molecule has 2 rings (SSSR count). The van der Waals surface area contributed by atoms with E-state index in [0.717, 1.165) is 23.9 Å². The highest BCUT2D eigenvalue weighted by atomic mass is 79.9. The molecule has 0 spiro atoms. The fourth-order valence-corrected chi connectivity index (χ4v) is 3.05. The molecule has 1 atom stereocenters. The van der Waals surface area contributed by atoms with E-state index in [1.807, 2.05) is 11.0 Å². The minimum Gasteiger partial charge on any atom is -0.383 e. The second-order valence-electron chi connectivity index (χ2n) is 5.16. The zero-order valence-electron chi connectivity index (χ0n) is 12.1. The van der Waals surface area contributed by atoms with Crippen LogP contribution in [0.2, 0.25) is 5.02 Å². The van der Waals surface area contributed by atoms with Crippen LogP contribution in [-0.2, 0) is 4.74 Å². The number of amides is 1. The van der Waals surface area contributed by atoms with E-state index in [2.05, 4.69) is 21.2 Å². The van der Waals surface area contributed by atoms with E-state index < -0.39 is 0 Å². The van der Waals surface area contributed by atoms with Crippen LogP contribution in [0.1, 0.15) is 23.2 Å². The Morgan fingerprint density at radius 2 is 2.38 bits per heavy atom. The number of carbonyl (C=O) groups excluding carboxylic acids is 1. The second-order valence-corrected chi connectivity index (χ2v) is 6.48. The zero-order valence-corrected chi connectivity index (χ0v) is 14.4. The van der Waals surface area contributed by atoms with Gasteiger partial charge in [0.05, 0.1) is 17.2 Å². The number of methoxy groups -OCH3 is 1. The number of nitrogens with one attached hydrogen (secondary N) is 1. The van der Waals surface area contributed by atoms with E-state index in [4.69, 9.17) is 16.3 Å². The van der Waals surface area contributed by atoms with Gasteiger partial charge in [-0.2, -0.15) is 0 Å². The van der Waals surface area contributed by atoms with Crippen LogP contribution in [-0.4, -0.2) is 50.2 Å². The first kappa shape index (κ1) is 16.7. The van der Waals surface area contributed by atoms with Crippen molar-refractivity contribution in [2.45, 2.75) is 18.9 Å². The van der Waals surface area contributed by atoms with Crippen molar-refractivity contribution in [2.24, 2.45) is 0 Å². The molecular formula is C15H20BrClN2O2. The maximum Gasteiger partial charge on any atom is 0.255 e. The molecule has 1 aromatic carbocycles. The van der Waals surface area contributed by atoms with Crippen molar-refractivity contribution in [3.8, 4) is 0 Å². The predicted octanol–water partition coefficient (Wildman–Crippen LogP) is 2.94. The van der Waals surface area contributed by atoms with Gasteiger partial charge >= 0.3 is 0 Å². The summed E-state index contributed by atoms with van der Waals surface area (Å²) in [5, 5.41) is 3.90. The molecule has 1 unspecified atom stereocenters. The number of benzene rings is 1. The first-order valence-corrected chi connectivity index (χ1v) is 8.25. The molecule has 1 aliphatic rings. The van der Waals surface area contributed by atoms with Crippen molar-refractivity contribution < 1.29 is 9.53 Å². The van der Waals surface area contributed by atoms with Crippen molar-refractivity contribution in [2.75, 3.05) is 33.4 Å². The molecule has 0 bridgehead atoms. The molecule has 1 N–H and O–H groups in total. The highest BCUT2D eigenvalue weighted by Crippen LogP contribution is 2.23. The van der Waals surface area contributed by atoms with Gasteiger partial charge in [0, 0.05) is 30.7 Å². The Bertz CT molecular complexity index is 493. The number of rotatable bonds is 6. The van der Waals surface area contributed by atoms with Gasteiger partial charge in [0.2, 0.25) is 0 Å². The van der Waals surface area contributed by atoms with Gasteiger partial charge in [0.25, 0.3) is 5.91 Å². The standard InChI is InChI=1S/C15H20BrClN2O2/c1-21-8-7-19(10-12-3-2-6-18-12)15(20)13-9-11(16)4-5-14(13)17/h4-5,9,12,18H,2-3,6-8,10H2,1H3. The Morgan fingerprint density at radius 3 is 3.05 bits per heavy atom. The van der Waals surface area contributed by atoms with Crippen molar-refractivity contribution >= 4 is 33.4 Å². The molecule has 21 heavy (non-hydrogen) atoms. The SMILES string of the molecule is COCCN(CC1CCCN1)C(=O)c1cc(Br)ccc1Cl. The van der Waals surface area contributed by atoms with Crippen LogP contribution in [0.3, 0.4) is 0 Å². The summed E-state index contributed by atoms with van der Waals surface area (Å²) in [6.45, 7) is 2.79. The lowest BCUT2D eigenvalue weighted by Gasteiger charge is -2.26. The van der Waals surface area contributed by atoms with E-state index in [1.165, 1.54) is 0 Å². The molecule has 1 aliphatic heterocycles. The third-order valence-corrected chi connectivity index (χ3v) is 4.44. The number of halogens is 2. The average molecular weight is 376 g/mol. The first-order chi connectivity index (χ1) is 10.1. The van der Waals surface area contributed by atoms with Gasteiger partial charge in [-0.3, -0.25) is 4.79 Å². The van der Waals surface area contributed by atoms with Gasteiger partial charge in [-0.05, 0) is 37.6 Å². The predicted molar refractivity (Wildman–Crippen MR) is 88.0 cm³/mol. The molecule has 1 fully saturated rings. The van der Waals surface area contributed by atoms with Gasteiger partial charge < -0.3 is 15.0 Å². The van der Waals surface area contributed by atoms with Crippen molar-refractivity contribution in [1.82, 2.24) is 10.2 Å². The Labute approximate surface area is 138 Å². The van der Waals surface area contributed by atoms with E-state index in [-0.39, 0.29) is 5.91 Å². The van der Waals surface area contributed by atoms with Crippen LogP contribution in [0.5, 0.6) is 0 Å². The second kappa shape index (κ2) is 8.13. The van der Waals surface area contributed by atoms with Crippen LogP contribution in [0, 0.1) is 0 Å². The molecule has 116 valence electrons. The summed E-state index contributed by atoms with van der Waals surface area (Å²) in [6, 6.07) is 5.70. The maximum absolute atomic E-state index is 12.7. The normalized spacial score (nSPS) is 18.0. The Balaban J connectivity index is 2.13. The van der Waals surface area contributed by atoms with Crippen LogP contribution in [0.15, 0.2) is 22.7 Å². The number of hydrogen-bond acceptors (Lipinski definition) is 3. The van der Waals surface area contributed by atoms with Crippen molar-refractivity contribution in [3.63, 3.8) is 0 Å². The lowest BCUT2D eigenvalue weighted by Crippen LogP contribution is -2.42. The molecule has 1 saturated heterocycles. The smallest absolute Gasteiger partial charge is 0.255 e. The molecule has 1 heterocycles. The van der Waals surface area contributed by atoms with Crippen LogP contribution >= 0.6 is 27.5 Å². The van der Waals surface area contributed by atoms with Crippen molar-refractivity contribution in [3.05, 3.63) is 33.3 Å². The molecule has 4 nitrogen and oxygen atoms in total. The van der Waals surface area contributed by atoms with Gasteiger partial charge in [0.15, 0.2) is 0 Å². The van der Waals surface area contributed by atoms with Crippen molar-refractivity contribution in [1.29, 1.82) is 0 Å². The molecular weight excluding hydrogens is 356 g/mol. The quantitative estimate of drug-likeness (QED) is 0.831. The van der Waals surface area contributed by atoms with Crippen LogP contribution in [0.4, 0.5) is 0 Å². The molecule has 6 heteroatoms. The highest BCUT2D eigenvalue weighted by Gasteiger charge is 2.23. The number of ether oxygens (including phenoxy) is 1. The third kappa shape index (κ3) is 4.68. The molecule has 0 saturated carbocycles. The Morgan fingerprint density at radius 1 is 1.57 bits per heavy atom. The van der Waals surface area contributed by atoms with Crippen LogP contribution in [0.25, 0.3) is 0 Å². The zero-order chi connectivity index (χ0) is 15.2. The summed E-state index contributed by atoms with van der Waals surface area (Å²) in [5.74, 6) is -0.0490. The third-order valence-electron chi connectivity index (χ3n) is 3.61. The summed E-state index contributed by atoms with van der Waals surface area (Å²) in [5.41, 5.74) is 0.528. The molecule has 0 radical (unpaired) electrons.